The minimum atomic E-state index is -0.284. The molecule has 0 saturated heterocycles. The number of carbonyl (C=O) groups is 1. The van der Waals surface area contributed by atoms with Gasteiger partial charge in [-0.15, -0.1) is 0 Å². The van der Waals surface area contributed by atoms with Crippen molar-refractivity contribution in [1.82, 2.24) is 4.98 Å². The van der Waals surface area contributed by atoms with E-state index in [0.717, 1.165) is 5.69 Å². The van der Waals surface area contributed by atoms with Crippen molar-refractivity contribution >= 4 is 11.7 Å². The largest absolute Gasteiger partial charge is 0.481 e. The fourth-order valence-corrected chi connectivity index (χ4v) is 0.992. The van der Waals surface area contributed by atoms with Gasteiger partial charge in [0.1, 0.15) is 6.54 Å². The summed E-state index contributed by atoms with van der Waals surface area (Å²) in [6.07, 6.45) is 1.60. The van der Waals surface area contributed by atoms with Gasteiger partial charge in [0.2, 0.25) is 5.88 Å². The van der Waals surface area contributed by atoms with Crippen LogP contribution in [0.5, 0.6) is 5.88 Å². The summed E-state index contributed by atoms with van der Waals surface area (Å²) in [5, 5.41) is 2.89. The molecule has 1 N–H and O–H groups in total. The van der Waals surface area contributed by atoms with E-state index >= 15 is 0 Å². The molecule has 1 aromatic rings. The van der Waals surface area contributed by atoms with E-state index in [0.29, 0.717) is 12.5 Å². The van der Waals surface area contributed by atoms with Gasteiger partial charge in [0.15, 0.2) is 0 Å². The Morgan fingerprint density at radius 2 is 2.33 bits per heavy atom. The predicted octanol–water partition coefficient (Wildman–Crippen LogP) is 1.07. The molecule has 1 aromatic heterocycles. The molecule has 5 nitrogen and oxygen atoms in total. The maximum absolute atomic E-state index is 11.0. The second-order valence-corrected chi connectivity index (χ2v) is 2.75. The van der Waals surface area contributed by atoms with Crippen LogP contribution in [-0.2, 0) is 9.53 Å². The van der Waals surface area contributed by atoms with E-state index in [4.69, 9.17) is 9.47 Å². The van der Waals surface area contributed by atoms with Gasteiger partial charge in [-0.3, -0.25) is 4.79 Å². The monoisotopic (exact) mass is 210 g/mol. The van der Waals surface area contributed by atoms with Crippen LogP contribution in [0.3, 0.4) is 0 Å². The lowest BCUT2D eigenvalue weighted by Crippen LogP contribution is -2.16. The van der Waals surface area contributed by atoms with Gasteiger partial charge in [0.05, 0.1) is 25.6 Å². The molecule has 1 rings (SSSR count). The summed E-state index contributed by atoms with van der Waals surface area (Å²) in [4.78, 5) is 15.0. The highest BCUT2D eigenvalue weighted by Gasteiger charge is 2.01. The first-order valence-corrected chi connectivity index (χ1v) is 4.65. The zero-order valence-electron chi connectivity index (χ0n) is 8.82. The lowest BCUT2D eigenvalue weighted by Gasteiger charge is -2.05. The minimum Gasteiger partial charge on any atom is -0.481 e. The summed E-state index contributed by atoms with van der Waals surface area (Å²) >= 11 is 0. The smallest absolute Gasteiger partial charge is 0.325 e. The highest BCUT2D eigenvalue weighted by atomic mass is 16.5. The van der Waals surface area contributed by atoms with Crippen molar-refractivity contribution in [3.8, 4) is 5.88 Å². The summed E-state index contributed by atoms with van der Waals surface area (Å²) in [6, 6.07) is 3.50. The molecule has 5 heteroatoms. The molecule has 1 heterocycles. The van der Waals surface area contributed by atoms with Crippen molar-refractivity contribution in [2.24, 2.45) is 0 Å². The zero-order valence-corrected chi connectivity index (χ0v) is 8.82. The number of methoxy groups -OCH3 is 1. The number of nitrogens with one attached hydrogen (secondary N) is 1. The van der Waals surface area contributed by atoms with E-state index in [1.807, 2.05) is 0 Å². The van der Waals surface area contributed by atoms with E-state index in [9.17, 15) is 4.79 Å². The minimum absolute atomic E-state index is 0.141. The highest BCUT2D eigenvalue weighted by molar-refractivity contribution is 5.74. The third-order valence-corrected chi connectivity index (χ3v) is 1.69. The maximum atomic E-state index is 11.0. The van der Waals surface area contributed by atoms with Crippen LogP contribution in [0.25, 0.3) is 0 Å². The Morgan fingerprint density at radius 1 is 1.53 bits per heavy atom. The van der Waals surface area contributed by atoms with Crippen molar-refractivity contribution < 1.29 is 14.3 Å². The predicted molar refractivity (Wildman–Crippen MR) is 55.9 cm³/mol. The third kappa shape index (κ3) is 3.84. The Bertz CT molecular complexity index is 311. The molecule has 0 radical (unpaired) electrons. The molecule has 0 saturated carbocycles. The quantitative estimate of drug-likeness (QED) is 0.736. The molecular formula is C10H14N2O3. The average Bonchev–Trinajstić information content (AvgIpc) is 2.27. The Hall–Kier alpha value is -1.78. The van der Waals surface area contributed by atoms with Crippen LogP contribution in [-0.4, -0.2) is 31.2 Å². The number of nitrogens with zero attached hydrogens (tertiary/aromatic N) is 1. The van der Waals surface area contributed by atoms with E-state index in [1.165, 1.54) is 0 Å². The number of carbonyl (C=O) groups excluding carboxylic acids is 1. The van der Waals surface area contributed by atoms with Gasteiger partial charge in [-0.2, -0.15) is 0 Å². The van der Waals surface area contributed by atoms with E-state index in [2.05, 4.69) is 10.3 Å². The van der Waals surface area contributed by atoms with Crippen LogP contribution in [0, 0.1) is 0 Å². The third-order valence-electron chi connectivity index (χ3n) is 1.69. The van der Waals surface area contributed by atoms with Crippen molar-refractivity contribution in [2.45, 2.75) is 6.92 Å². The molecular weight excluding hydrogens is 196 g/mol. The molecule has 0 aliphatic rings. The van der Waals surface area contributed by atoms with Crippen LogP contribution in [0.15, 0.2) is 18.3 Å². The Labute approximate surface area is 88.4 Å². The SMILES string of the molecule is CCOC(=O)CNc1ccc(OC)nc1. The van der Waals surface area contributed by atoms with Gasteiger partial charge in [-0.25, -0.2) is 4.98 Å². The van der Waals surface area contributed by atoms with E-state index in [1.54, 1.807) is 32.4 Å². The summed E-state index contributed by atoms with van der Waals surface area (Å²) in [5.41, 5.74) is 0.754. The van der Waals surface area contributed by atoms with Crippen LogP contribution in [0.2, 0.25) is 0 Å². The molecule has 0 aliphatic heterocycles. The number of aromatic nitrogens is 1. The van der Waals surface area contributed by atoms with Crippen LogP contribution in [0.4, 0.5) is 5.69 Å². The molecule has 0 bridgehead atoms. The number of esters is 1. The van der Waals surface area contributed by atoms with Crippen molar-refractivity contribution in [3.05, 3.63) is 18.3 Å². The van der Waals surface area contributed by atoms with E-state index in [-0.39, 0.29) is 12.5 Å². The number of pyridine rings is 1. The van der Waals surface area contributed by atoms with Gasteiger partial charge in [0.25, 0.3) is 0 Å². The molecule has 82 valence electrons. The molecule has 0 atom stereocenters. The molecule has 0 amide bonds. The number of anilines is 1. The normalized spacial score (nSPS) is 9.47. The first-order valence-electron chi connectivity index (χ1n) is 4.65. The topological polar surface area (TPSA) is 60.5 Å². The summed E-state index contributed by atoms with van der Waals surface area (Å²) < 4.78 is 9.66. The molecule has 0 fully saturated rings. The first kappa shape index (κ1) is 11.3. The lowest BCUT2D eigenvalue weighted by atomic mass is 10.4. The van der Waals surface area contributed by atoms with Gasteiger partial charge in [-0.1, -0.05) is 0 Å². The van der Waals surface area contributed by atoms with Crippen LogP contribution >= 0.6 is 0 Å². The fourth-order valence-electron chi connectivity index (χ4n) is 0.992. The van der Waals surface area contributed by atoms with Crippen LogP contribution in [0.1, 0.15) is 6.92 Å². The van der Waals surface area contributed by atoms with Gasteiger partial charge in [-0.05, 0) is 13.0 Å². The Kier molecular flexibility index (Phi) is 4.40. The maximum Gasteiger partial charge on any atom is 0.325 e. The summed E-state index contributed by atoms with van der Waals surface area (Å²) in [5.74, 6) is 0.255. The molecule has 0 spiro atoms. The number of hydrogen-bond acceptors (Lipinski definition) is 5. The fraction of sp³-hybridized carbons (Fsp3) is 0.400. The zero-order chi connectivity index (χ0) is 11.1. The lowest BCUT2D eigenvalue weighted by molar-refractivity contribution is -0.140. The van der Waals surface area contributed by atoms with E-state index < -0.39 is 0 Å². The standard InChI is InChI=1S/C10H14N2O3/c1-3-15-10(13)7-11-8-4-5-9(14-2)12-6-8/h4-6,11H,3,7H2,1-2H3. The van der Waals surface area contributed by atoms with Gasteiger partial charge < -0.3 is 14.8 Å². The second-order valence-electron chi connectivity index (χ2n) is 2.75. The highest BCUT2D eigenvalue weighted by Crippen LogP contribution is 2.10. The number of hydrogen-bond donors (Lipinski definition) is 1. The van der Waals surface area contributed by atoms with Crippen molar-refractivity contribution in [1.29, 1.82) is 0 Å². The molecule has 0 aliphatic carbocycles. The van der Waals surface area contributed by atoms with Gasteiger partial charge in [0, 0.05) is 6.07 Å². The van der Waals surface area contributed by atoms with Gasteiger partial charge >= 0.3 is 5.97 Å². The molecule has 0 unspecified atom stereocenters. The Balaban J connectivity index is 2.40. The number of rotatable bonds is 5. The molecule has 0 aromatic carbocycles. The summed E-state index contributed by atoms with van der Waals surface area (Å²) in [7, 11) is 1.55. The first-order chi connectivity index (χ1) is 7.26. The molecule has 15 heavy (non-hydrogen) atoms. The Morgan fingerprint density at radius 3 is 2.87 bits per heavy atom. The summed E-state index contributed by atoms with van der Waals surface area (Å²) in [6.45, 7) is 2.30. The van der Waals surface area contributed by atoms with Crippen molar-refractivity contribution in [2.75, 3.05) is 25.6 Å². The van der Waals surface area contributed by atoms with Crippen LogP contribution < -0.4 is 10.1 Å². The second kappa shape index (κ2) is 5.85. The van der Waals surface area contributed by atoms with Crippen molar-refractivity contribution in [3.63, 3.8) is 0 Å². The average molecular weight is 210 g/mol. The number of ether oxygens (including phenoxy) is 2.